The van der Waals surface area contributed by atoms with Crippen molar-refractivity contribution in [1.29, 1.82) is 0 Å². The van der Waals surface area contributed by atoms with Crippen molar-refractivity contribution in [3.8, 4) is 0 Å². The van der Waals surface area contributed by atoms with Gasteiger partial charge in [0.15, 0.2) is 0 Å². The normalized spacial score (nSPS) is 14.4. The Kier molecular flexibility index (Phi) is 4.73. The number of aromatic carboxylic acids is 1. The first-order valence-corrected chi connectivity index (χ1v) is 11.5. The summed E-state index contributed by atoms with van der Waals surface area (Å²) in [5.74, 6) is -0.726. The molecule has 27 heavy (non-hydrogen) atoms. The summed E-state index contributed by atoms with van der Waals surface area (Å²) in [6.07, 6.45) is 2.04. The van der Waals surface area contributed by atoms with Gasteiger partial charge in [-0.2, -0.15) is 0 Å². The summed E-state index contributed by atoms with van der Waals surface area (Å²) in [5, 5.41) is 10.7. The highest BCUT2D eigenvalue weighted by atomic mass is 79.9. The monoisotopic (exact) mass is 465 g/mol. The second kappa shape index (κ2) is 6.92. The van der Waals surface area contributed by atoms with Crippen molar-refractivity contribution in [2.45, 2.75) is 17.7 Å². The molecule has 0 aliphatic heterocycles. The van der Waals surface area contributed by atoms with E-state index in [1.165, 1.54) is 39.9 Å². The number of sulfonamides is 1. The minimum atomic E-state index is -3.80. The molecule has 0 radical (unpaired) electrons. The molecule has 1 saturated carbocycles. The lowest BCUT2D eigenvalue weighted by Crippen LogP contribution is -2.32. The van der Waals surface area contributed by atoms with E-state index in [1.807, 2.05) is 24.3 Å². The molecule has 8 heteroatoms. The van der Waals surface area contributed by atoms with Gasteiger partial charge in [-0.1, -0.05) is 18.2 Å². The van der Waals surface area contributed by atoms with E-state index in [0.717, 1.165) is 27.4 Å². The number of rotatable bonds is 6. The number of anilines is 1. The van der Waals surface area contributed by atoms with Crippen molar-refractivity contribution >= 4 is 58.3 Å². The van der Waals surface area contributed by atoms with Gasteiger partial charge in [0.25, 0.3) is 10.0 Å². The number of hydrogen-bond donors (Lipinski definition) is 1. The molecule has 0 amide bonds. The predicted molar refractivity (Wildman–Crippen MR) is 110 cm³/mol. The molecule has 0 spiro atoms. The first kappa shape index (κ1) is 18.5. The molecule has 1 N–H and O–H groups in total. The Morgan fingerprint density at radius 1 is 1.15 bits per heavy atom. The van der Waals surface area contributed by atoms with Gasteiger partial charge < -0.3 is 5.11 Å². The van der Waals surface area contributed by atoms with E-state index < -0.39 is 16.0 Å². The number of halogens is 1. The van der Waals surface area contributed by atoms with Crippen LogP contribution in [0.3, 0.4) is 0 Å². The van der Waals surface area contributed by atoms with Gasteiger partial charge >= 0.3 is 5.97 Å². The standard InChI is InChI=1S/C19H16BrNO4S2/c20-17-15-3-1-2-4-16(15)26-18(17)21(11-12-5-6-12)27(24,25)14-9-7-13(8-10-14)19(22)23/h1-4,7-10,12H,5-6,11H2,(H,22,23). The second-order valence-corrected chi connectivity index (χ2v) is 10.2. The van der Waals surface area contributed by atoms with Crippen molar-refractivity contribution in [3.63, 3.8) is 0 Å². The van der Waals surface area contributed by atoms with Crippen LogP contribution in [0, 0.1) is 5.92 Å². The Bertz CT molecular complexity index is 1120. The van der Waals surface area contributed by atoms with Gasteiger partial charge in [0.1, 0.15) is 5.00 Å². The smallest absolute Gasteiger partial charge is 0.335 e. The Hall–Kier alpha value is -1.90. The van der Waals surface area contributed by atoms with Crippen LogP contribution >= 0.6 is 27.3 Å². The maximum Gasteiger partial charge on any atom is 0.335 e. The summed E-state index contributed by atoms with van der Waals surface area (Å²) in [6.45, 7) is 0.425. The van der Waals surface area contributed by atoms with E-state index in [1.54, 1.807) is 0 Å². The molecule has 5 nitrogen and oxygen atoms in total. The van der Waals surface area contributed by atoms with Crippen LogP contribution in [0.5, 0.6) is 0 Å². The zero-order valence-electron chi connectivity index (χ0n) is 14.1. The molecule has 1 aliphatic carbocycles. The van der Waals surface area contributed by atoms with E-state index in [2.05, 4.69) is 15.9 Å². The molecule has 0 bridgehead atoms. The maximum atomic E-state index is 13.4. The molecular weight excluding hydrogens is 450 g/mol. The molecule has 3 aromatic rings. The lowest BCUT2D eigenvalue weighted by molar-refractivity contribution is 0.0696. The molecule has 2 aromatic carbocycles. The third-order valence-corrected chi connectivity index (χ3v) is 8.71. The highest BCUT2D eigenvalue weighted by Crippen LogP contribution is 2.45. The summed E-state index contributed by atoms with van der Waals surface area (Å²) in [7, 11) is -3.80. The Morgan fingerprint density at radius 3 is 2.41 bits per heavy atom. The minimum absolute atomic E-state index is 0.0609. The molecule has 140 valence electrons. The lowest BCUT2D eigenvalue weighted by Gasteiger charge is -2.23. The fourth-order valence-electron chi connectivity index (χ4n) is 2.88. The third-order valence-electron chi connectivity index (χ3n) is 4.55. The first-order valence-electron chi connectivity index (χ1n) is 8.41. The van der Waals surface area contributed by atoms with Crippen LogP contribution < -0.4 is 4.31 Å². The minimum Gasteiger partial charge on any atom is -0.478 e. The van der Waals surface area contributed by atoms with Crippen LogP contribution in [0.2, 0.25) is 0 Å². The van der Waals surface area contributed by atoms with Crippen LogP contribution in [-0.2, 0) is 10.0 Å². The highest BCUT2D eigenvalue weighted by molar-refractivity contribution is 9.10. The number of hydrogen-bond acceptors (Lipinski definition) is 4. The third kappa shape index (κ3) is 3.49. The van der Waals surface area contributed by atoms with Gasteiger partial charge in [-0.05, 0) is 65.0 Å². The first-order chi connectivity index (χ1) is 12.9. The summed E-state index contributed by atoms with van der Waals surface area (Å²) in [6, 6.07) is 13.2. The number of thiophene rings is 1. The van der Waals surface area contributed by atoms with Crippen molar-refractivity contribution in [2.24, 2.45) is 5.92 Å². The van der Waals surface area contributed by atoms with Crippen LogP contribution in [0.4, 0.5) is 5.00 Å². The number of benzene rings is 2. The summed E-state index contributed by atoms with van der Waals surface area (Å²) in [4.78, 5) is 11.1. The van der Waals surface area contributed by atoms with Gasteiger partial charge in [0.2, 0.25) is 0 Å². The zero-order valence-corrected chi connectivity index (χ0v) is 17.4. The predicted octanol–water partition coefficient (Wildman–Crippen LogP) is 4.97. The molecule has 1 aliphatic rings. The fourth-order valence-corrected chi connectivity index (χ4v) is 6.80. The van der Waals surface area contributed by atoms with E-state index in [4.69, 9.17) is 5.11 Å². The van der Waals surface area contributed by atoms with Crippen molar-refractivity contribution in [2.75, 3.05) is 10.8 Å². The second-order valence-electron chi connectivity index (χ2n) is 6.53. The molecule has 0 atom stereocenters. The Morgan fingerprint density at radius 2 is 1.81 bits per heavy atom. The molecule has 1 heterocycles. The van der Waals surface area contributed by atoms with Gasteiger partial charge in [-0.15, -0.1) is 11.3 Å². The molecule has 0 unspecified atom stereocenters. The average Bonchev–Trinajstić information content (AvgIpc) is 3.43. The maximum absolute atomic E-state index is 13.4. The molecule has 4 rings (SSSR count). The fraction of sp³-hybridized carbons (Fsp3) is 0.211. The van der Waals surface area contributed by atoms with E-state index in [-0.39, 0.29) is 10.5 Å². The molecule has 1 fully saturated rings. The van der Waals surface area contributed by atoms with Crippen LogP contribution in [0.25, 0.3) is 10.1 Å². The summed E-state index contributed by atoms with van der Waals surface area (Å²) >= 11 is 5.02. The zero-order chi connectivity index (χ0) is 19.2. The topological polar surface area (TPSA) is 74.7 Å². The number of carboxylic acid groups (broad SMARTS) is 1. The number of carbonyl (C=O) groups is 1. The van der Waals surface area contributed by atoms with Crippen molar-refractivity contribution in [3.05, 3.63) is 58.6 Å². The van der Waals surface area contributed by atoms with Gasteiger partial charge in [0.05, 0.1) is 14.9 Å². The summed E-state index contributed by atoms with van der Waals surface area (Å²) in [5.41, 5.74) is 0.0609. The van der Waals surface area contributed by atoms with Crippen molar-refractivity contribution < 1.29 is 18.3 Å². The van der Waals surface area contributed by atoms with Crippen LogP contribution in [-0.4, -0.2) is 26.0 Å². The average molecular weight is 466 g/mol. The SMILES string of the molecule is O=C(O)c1ccc(S(=O)(=O)N(CC2CC2)c2sc3ccccc3c2Br)cc1. The van der Waals surface area contributed by atoms with Gasteiger partial charge in [-0.3, -0.25) is 4.31 Å². The van der Waals surface area contributed by atoms with Crippen LogP contribution in [0.1, 0.15) is 23.2 Å². The Balaban J connectivity index is 1.80. The summed E-state index contributed by atoms with van der Waals surface area (Å²) < 4.78 is 30.0. The van der Waals surface area contributed by atoms with Gasteiger partial charge in [-0.25, -0.2) is 13.2 Å². The van der Waals surface area contributed by atoms with E-state index >= 15 is 0 Å². The van der Waals surface area contributed by atoms with E-state index in [9.17, 15) is 13.2 Å². The van der Waals surface area contributed by atoms with Gasteiger partial charge in [0, 0.05) is 16.6 Å². The molecule has 1 aromatic heterocycles. The highest BCUT2D eigenvalue weighted by Gasteiger charge is 2.34. The number of fused-ring (bicyclic) bond motifs is 1. The molecule has 0 saturated heterocycles. The van der Waals surface area contributed by atoms with Crippen molar-refractivity contribution in [1.82, 2.24) is 0 Å². The Labute approximate surface area is 169 Å². The number of nitrogens with zero attached hydrogens (tertiary/aromatic N) is 1. The molecular formula is C19H16BrNO4S2. The van der Waals surface area contributed by atoms with E-state index in [0.29, 0.717) is 17.5 Å². The lowest BCUT2D eigenvalue weighted by atomic mass is 10.2. The van der Waals surface area contributed by atoms with Crippen LogP contribution in [0.15, 0.2) is 57.9 Å². The largest absolute Gasteiger partial charge is 0.478 e. The quantitative estimate of drug-likeness (QED) is 0.557. The number of carboxylic acids is 1.